The number of hydrogen-bond acceptors (Lipinski definition) is 4. The Kier molecular flexibility index (Phi) is 4.48. The average molecular weight is 281 g/mol. The van der Waals surface area contributed by atoms with Crippen molar-refractivity contribution in [3.05, 3.63) is 12.2 Å². The van der Waals surface area contributed by atoms with Crippen LogP contribution in [0.4, 0.5) is 0 Å². The van der Waals surface area contributed by atoms with Crippen LogP contribution in [0.5, 0.6) is 0 Å². The summed E-state index contributed by atoms with van der Waals surface area (Å²) in [5, 5.41) is 13.4. The van der Waals surface area contributed by atoms with Crippen LogP contribution in [0, 0.1) is 11.8 Å². The molecule has 5 nitrogen and oxygen atoms in total. The highest BCUT2D eigenvalue weighted by Crippen LogP contribution is 2.38. The Bertz CT molecular complexity index is 409. The van der Waals surface area contributed by atoms with E-state index < -0.39 is 23.7 Å². The second kappa shape index (κ2) is 5.95. The zero-order chi connectivity index (χ0) is 14.8. The monoisotopic (exact) mass is 281 g/mol. The number of hydrogen-bond donors (Lipinski definition) is 2. The summed E-state index contributed by atoms with van der Waals surface area (Å²) in [6.07, 6.45) is 6.83. The van der Waals surface area contributed by atoms with E-state index in [1.54, 1.807) is 6.92 Å². The van der Waals surface area contributed by atoms with Crippen molar-refractivity contribution >= 4 is 12.4 Å². The Labute approximate surface area is 119 Å². The predicted octanol–water partition coefficient (Wildman–Crippen LogP) is 1.16. The van der Waals surface area contributed by atoms with Crippen LogP contribution < -0.4 is 5.32 Å². The van der Waals surface area contributed by atoms with Gasteiger partial charge in [-0.15, -0.1) is 0 Å². The first-order valence-electron chi connectivity index (χ1n) is 7.31. The van der Waals surface area contributed by atoms with Crippen molar-refractivity contribution in [2.45, 2.75) is 57.3 Å². The molecule has 1 fully saturated rings. The molecule has 1 heterocycles. The van der Waals surface area contributed by atoms with Crippen LogP contribution in [0.3, 0.4) is 0 Å². The molecule has 5 atom stereocenters. The third-order valence-electron chi connectivity index (χ3n) is 4.71. The summed E-state index contributed by atoms with van der Waals surface area (Å²) in [4.78, 5) is 22.9. The third-order valence-corrected chi connectivity index (χ3v) is 4.71. The number of rotatable bonds is 5. The van der Waals surface area contributed by atoms with E-state index in [2.05, 4.69) is 11.4 Å². The Morgan fingerprint density at radius 3 is 2.95 bits per heavy atom. The van der Waals surface area contributed by atoms with Gasteiger partial charge in [-0.25, -0.2) is 0 Å². The molecule has 0 aromatic heterocycles. The van der Waals surface area contributed by atoms with Gasteiger partial charge in [0.1, 0.15) is 5.60 Å². The van der Waals surface area contributed by atoms with E-state index in [1.165, 1.54) is 0 Å². The van der Waals surface area contributed by atoms with E-state index in [0.717, 1.165) is 19.3 Å². The zero-order valence-corrected chi connectivity index (χ0v) is 12.0. The van der Waals surface area contributed by atoms with Crippen LogP contribution >= 0.6 is 0 Å². The maximum Gasteiger partial charge on any atom is 0.293 e. The topological polar surface area (TPSA) is 75.6 Å². The zero-order valence-electron chi connectivity index (χ0n) is 12.0. The number of aliphatic hydroxyl groups is 1. The van der Waals surface area contributed by atoms with Gasteiger partial charge in [-0.1, -0.05) is 19.1 Å². The lowest BCUT2D eigenvalue weighted by Gasteiger charge is -2.37. The first-order valence-corrected chi connectivity index (χ1v) is 7.31. The molecule has 1 amide bonds. The van der Waals surface area contributed by atoms with Gasteiger partial charge in [0.25, 0.3) is 6.47 Å². The minimum atomic E-state index is -0.988. The molecule has 0 radical (unpaired) electrons. The molecule has 1 aliphatic carbocycles. The second-order valence-electron chi connectivity index (χ2n) is 5.86. The molecule has 5 heteroatoms. The molecule has 1 saturated heterocycles. The van der Waals surface area contributed by atoms with E-state index in [-0.39, 0.29) is 11.8 Å². The fraction of sp³-hybridized carbons (Fsp3) is 0.733. The molecule has 2 rings (SSSR count). The molecule has 0 aromatic carbocycles. The summed E-state index contributed by atoms with van der Waals surface area (Å²) >= 11 is 0. The third kappa shape index (κ3) is 2.46. The van der Waals surface area contributed by atoms with Gasteiger partial charge in [0.15, 0.2) is 0 Å². The fourth-order valence-corrected chi connectivity index (χ4v) is 3.52. The van der Waals surface area contributed by atoms with Gasteiger partial charge >= 0.3 is 0 Å². The van der Waals surface area contributed by atoms with Crippen LogP contribution in [0.2, 0.25) is 0 Å². The summed E-state index contributed by atoms with van der Waals surface area (Å²) in [7, 11) is 0. The molecule has 0 spiro atoms. The molecule has 2 aliphatic rings. The van der Waals surface area contributed by atoms with E-state index in [4.69, 9.17) is 4.74 Å². The first kappa shape index (κ1) is 15.0. The van der Waals surface area contributed by atoms with Gasteiger partial charge in [0, 0.05) is 5.92 Å². The van der Waals surface area contributed by atoms with E-state index in [1.807, 2.05) is 13.0 Å². The van der Waals surface area contributed by atoms with Crippen molar-refractivity contribution < 1.29 is 19.4 Å². The van der Waals surface area contributed by atoms with Gasteiger partial charge in [0.05, 0.1) is 18.1 Å². The van der Waals surface area contributed by atoms with Crippen LogP contribution in [-0.2, 0) is 14.3 Å². The summed E-state index contributed by atoms with van der Waals surface area (Å²) in [6.45, 7) is 3.99. The largest absolute Gasteiger partial charge is 0.458 e. The van der Waals surface area contributed by atoms with Gasteiger partial charge < -0.3 is 15.2 Å². The molecule has 0 aromatic rings. The lowest BCUT2D eigenvalue weighted by atomic mass is 9.78. The fourth-order valence-electron chi connectivity index (χ4n) is 3.52. The predicted molar refractivity (Wildman–Crippen MR) is 73.8 cm³/mol. The molecule has 0 saturated carbocycles. The molecule has 0 bridgehead atoms. The van der Waals surface area contributed by atoms with Gasteiger partial charge in [-0.3, -0.25) is 9.59 Å². The van der Waals surface area contributed by atoms with Crippen molar-refractivity contribution in [1.82, 2.24) is 5.32 Å². The number of aliphatic hydroxyl groups excluding tert-OH is 1. The number of ether oxygens (including phenoxy) is 1. The van der Waals surface area contributed by atoms with E-state index in [9.17, 15) is 14.7 Å². The Hall–Kier alpha value is -1.36. The van der Waals surface area contributed by atoms with E-state index >= 15 is 0 Å². The van der Waals surface area contributed by atoms with Gasteiger partial charge in [-0.05, 0) is 32.6 Å². The Morgan fingerprint density at radius 2 is 2.40 bits per heavy atom. The number of amides is 1. The Balaban J connectivity index is 2.24. The van der Waals surface area contributed by atoms with Crippen LogP contribution in [0.1, 0.15) is 39.5 Å². The van der Waals surface area contributed by atoms with Gasteiger partial charge in [-0.2, -0.15) is 0 Å². The van der Waals surface area contributed by atoms with Crippen molar-refractivity contribution in [1.29, 1.82) is 0 Å². The maximum absolute atomic E-state index is 12.1. The number of carbonyl (C=O) groups excluding carboxylic acids is 2. The SMILES string of the molecule is CC[C@H]1C(=O)N[C@H]([C@@H](O)[C@@H]2C=CCCC2)[C@@]1(C)OC=O. The van der Waals surface area contributed by atoms with Crippen molar-refractivity contribution in [3.8, 4) is 0 Å². The summed E-state index contributed by atoms with van der Waals surface area (Å²) in [5.41, 5.74) is -0.988. The van der Waals surface area contributed by atoms with Crippen molar-refractivity contribution in [2.24, 2.45) is 11.8 Å². The average Bonchev–Trinajstić information content (AvgIpc) is 2.70. The normalized spacial score (nSPS) is 38.4. The minimum absolute atomic E-state index is 0.000710. The summed E-state index contributed by atoms with van der Waals surface area (Å²) in [5.74, 6) is -0.570. The highest BCUT2D eigenvalue weighted by atomic mass is 16.5. The quantitative estimate of drug-likeness (QED) is 0.586. The summed E-state index contributed by atoms with van der Waals surface area (Å²) in [6, 6.07) is -0.558. The molecular weight excluding hydrogens is 258 g/mol. The highest BCUT2D eigenvalue weighted by Gasteiger charge is 2.56. The van der Waals surface area contributed by atoms with Crippen molar-refractivity contribution in [2.75, 3.05) is 0 Å². The maximum atomic E-state index is 12.1. The summed E-state index contributed by atoms with van der Waals surface area (Å²) < 4.78 is 5.24. The lowest BCUT2D eigenvalue weighted by Crippen LogP contribution is -2.54. The Morgan fingerprint density at radius 1 is 1.65 bits per heavy atom. The number of nitrogens with one attached hydrogen (secondary N) is 1. The lowest BCUT2D eigenvalue weighted by molar-refractivity contribution is -0.152. The second-order valence-corrected chi connectivity index (χ2v) is 5.86. The van der Waals surface area contributed by atoms with E-state index in [0.29, 0.717) is 12.9 Å². The first-order chi connectivity index (χ1) is 9.54. The number of carbonyl (C=O) groups is 2. The minimum Gasteiger partial charge on any atom is -0.458 e. The molecule has 20 heavy (non-hydrogen) atoms. The molecule has 1 aliphatic heterocycles. The number of allylic oxidation sites excluding steroid dienone is 1. The van der Waals surface area contributed by atoms with Crippen molar-refractivity contribution in [3.63, 3.8) is 0 Å². The highest BCUT2D eigenvalue weighted by molar-refractivity contribution is 5.83. The van der Waals surface area contributed by atoms with Crippen LogP contribution in [-0.4, -0.2) is 35.2 Å². The molecule has 0 unspecified atom stereocenters. The molecule has 112 valence electrons. The molecular formula is C15H23NO4. The molecule has 2 N–H and O–H groups in total. The standard InChI is InChI=1S/C15H23NO4/c1-3-11-14(19)16-13(15(11,2)20-9-17)12(18)10-7-5-4-6-8-10/h5,7,9-13,18H,3-4,6,8H2,1-2H3,(H,16,19)/t10-,11+,12+,13-,15+/m1/s1. The van der Waals surface area contributed by atoms with Crippen LogP contribution in [0.25, 0.3) is 0 Å². The van der Waals surface area contributed by atoms with Gasteiger partial charge in [0.2, 0.25) is 5.91 Å². The van der Waals surface area contributed by atoms with Crippen LogP contribution in [0.15, 0.2) is 12.2 Å². The smallest absolute Gasteiger partial charge is 0.293 e.